The Morgan fingerprint density at radius 2 is 1.86 bits per heavy atom. The highest BCUT2D eigenvalue weighted by atomic mass is 32.1. The van der Waals surface area contributed by atoms with Gasteiger partial charge in [-0.2, -0.15) is 23.1 Å². The number of anilines is 2. The maximum absolute atomic E-state index is 17.0. The molecule has 0 unspecified atom stereocenters. The number of ether oxygens (including phenoxy) is 2. The average molecular weight is 718 g/mol. The lowest BCUT2D eigenvalue weighted by atomic mass is 9.95. The fourth-order valence-electron chi connectivity index (χ4n) is 6.98. The number of carbonyl (C=O) groups excluding carboxylic acids is 1. The number of morpholine rings is 1. The monoisotopic (exact) mass is 717 g/mol. The second-order valence-corrected chi connectivity index (χ2v) is 14.4. The van der Waals surface area contributed by atoms with Gasteiger partial charge in [-0.15, -0.1) is 0 Å². The number of aromatic nitrogens is 3. The number of hydrogen-bond donors (Lipinski definition) is 1. The summed E-state index contributed by atoms with van der Waals surface area (Å²) in [4.78, 5) is 31.3. The van der Waals surface area contributed by atoms with Gasteiger partial charge < -0.3 is 25.0 Å². The van der Waals surface area contributed by atoms with Crippen molar-refractivity contribution < 1.29 is 36.2 Å². The van der Waals surface area contributed by atoms with Crippen LogP contribution in [-0.4, -0.2) is 95.3 Å². The minimum atomic E-state index is -5.04. The van der Waals surface area contributed by atoms with Crippen molar-refractivity contribution in [2.45, 2.75) is 44.9 Å². The number of hydrogen-bond acceptors (Lipinski definition) is 10. The van der Waals surface area contributed by atoms with Crippen molar-refractivity contribution in [1.82, 2.24) is 24.8 Å². The van der Waals surface area contributed by atoms with E-state index in [1.807, 2.05) is 13.8 Å². The molecule has 2 aliphatic heterocycles. The molecule has 2 aromatic carbocycles. The number of halogens is 5. The molecule has 0 spiro atoms. The van der Waals surface area contributed by atoms with E-state index < -0.39 is 40.5 Å². The summed E-state index contributed by atoms with van der Waals surface area (Å²) in [6.07, 6.45) is -2.01. The summed E-state index contributed by atoms with van der Waals surface area (Å²) >= 11 is 0.756. The Balaban J connectivity index is 1.38. The Morgan fingerprint density at radius 1 is 1.12 bits per heavy atom. The van der Waals surface area contributed by atoms with Gasteiger partial charge in [-0.1, -0.05) is 17.9 Å². The minimum absolute atomic E-state index is 0.0474. The van der Waals surface area contributed by atoms with E-state index in [2.05, 4.69) is 26.4 Å². The fourth-order valence-corrected chi connectivity index (χ4v) is 7.74. The van der Waals surface area contributed by atoms with Crippen LogP contribution in [0.5, 0.6) is 6.01 Å². The van der Waals surface area contributed by atoms with Crippen molar-refractivity contribution in [3.63, 3.8) is 0 Å². The van der Waals surface area contributed by atoms with E-state index in [4.69, 9.17) is 15.2 Å². The number of carbonyl (C=O) groups is 1. The van der Waals surface area contributed by atoms with E-state index in [-0.39, 0.29) is 75.2 Å². The molecule has 16 heteroatoms. The highest BCUT2D eigenvalue weighted by molar-refractivity contribution is 7.22. The van der Waals surface area contributed by atoms with E-state index in [0.29, 0.717) is 13.2 Å². The predicted molar refractivity (Wildman–Crippen MR) is 180 cm³/mol. The number of thiazole rings is 1. The molecule has 1 saturated carbocycles. The number of piperazine rings is 1. The van der Waals surface area contributed by atoms with Crippen molar-refractivity contribution in [2.24, 2.45) is 5.41 Å². The second kappa shape index (κ2) is 12.9. The van der Waals surface area contributed by atoms with Crippen molar-refractivity contribution in [2.75, 3.05) is 63.2 Å². The zero-order valence-electron chi connectivity index (χ0n) is 27.5. The van der Waals surface area contributed by atoms with Gasteiger partial charge in [0.25, 0.3) is 0 Å². The zero-order valence-corrected chi connectivity index (χ0v) is 28.3. The molecule has 266 valence electrons. The number of nitrogens with zero attached hydrogens (tertiary/aromatic N) is 6. The number of nitrogen functional groups attached to an aromatic ring is 1. The van der Waals surface area contributed by atoms with E-state index in [0.717, 1.165) is 62.0 Å². The van der Waals surface area contributed by atoms with Crippen molar-refractivity contribution in [3.8, 4) is 17.1 Å². The molecule has 3 fully saturated rings. The van der Waals surface area contributed by atoms with Crippen LogP contribution in [0.4, 0.5) is 32.9 Å². The lowest BCUT2D eigenvalue weighted by molar-refractivity contribution is -0.137. The third-order valence-corrected chi connectivity index (χ3v) is 10.7. The largest absolute Gasteiger partial charge is 0.463 e. The summed E-state index contributed by atoms with van der Waals surface area (Å²) in [7, 11) is 0. The van der Waals surface area contributed by atoms with Gasteiger partial charge in [0.2, 0.25) is 5.91 Å². The molecule has 4 heterocycles. The summed E-state index contributed by atoms with van der Waals surface area (Å²) < 4.78 is 88.0. The number of rotatable bonds is 8. The first-order chi connectivity index (χ1) is 23.8. The standard InChI is InChI=1S/C34H36F5N7O3S/c1-4-24(47)45-14-19(3)46(15-18(45)2)30-21-13-22(34(37,38)39)25(20-5-6-23(35)29-28(20)41-31(40)50-29)26(36)27(21)42-32(43-30)49-17-33(7-8-33)16-44-9-11-48-12-10-44/h4-6,13,18-19H,1,7-12,14-17H2,2-3H3,(H2,40,41)/t18-,19+/m1/s1. The van der Waals surface area contributed by atoms with Gasteiger partial charge in [-0.05, 0) is 51.0 Å². The molecule has 1 amide bonds. The topological polar surface area (TPSA) is 110 Å². The Morgan fingerprint density at radius 3 is 2.54 bits per heavy atom. The number of amides is 1. The summed E-state index contributed by atoms with van der Waals surface area (Å²) in [5, 5.41) is -0.260. The number of fused-ring (bicyclic) bond motifs is 2. The molecule has 2 N–H and O–H groups in total. The highest BCUT2D eigenvalue weighted by Crippen LogP contribution is 2.48. The van der Waals surface area contributed by atoms with Gasteiger partial charge in [0.15, 0.2) is 10.9 Å². The second-order valence-electron chi connectivity index (χ2n) is 13.4. The number of nitrogens with two attached hydrogens (primary N) is 1. The van der Waals surface area contributed by atoms with Crippen LogP contribution in [0.25, 0.3) is 32.2 Å². The normalized spacial score (nSPS) is 21.2. The molecule has 2 atom stereocenters. The lowest BCUT2D eigenvalue weighted by Gasteiger charge is -2.44. The highest BCUT2D eigenvalue weighted by Gasteiger charge is 2.45. The molecule has 2 aromatic heterocycles. The molecule has 3 aliphatic rings. The van der Waals surface area contributed by atoms with Crippen LogP contribution in [-0.2, 0) is 15.7 Å². The SMILES string of the molecule is C=CC(=O)N1C[C@H](C)N(c2nc(OCC3(CN4CCOCC4)CC3)nc3c(F)c(-c4ccc(F)c5sc(N)nc45)c(C(F)(F)F)cc23)C[C@H]1C. The molecule has 10 nitrogen and oxygen atoms in total. The van der Waals surface area contributed by atoms with Gasteiger partial charge >= 0.3 is 12.2 Å². The Labute approximate surface area is 288 Å². The molecular formula is C34H36F5N7O3S. The van der Waals surface area contributed by atoms with Crippen LogP contribution >= 0.6 is 11.3 Å². The fraction of sp³-hybridized carbons (Fsp3) is 0.471. The van der Waals surface area contributed by atoms with E-state index in [9.17, 15) is 22.4 Å². The third-order valence-electron chi connectivity index (χ3n) is 9.82. The van der Waals surface area contributed by atoms with Gasteiger partial charge in [0.1, 0.15) is 17.2 Å². The maximum Gasteiger partial charge on any atom is 0.417 e. The van der Waals surface area contributed by atoms with Gasteiger partial charge in [-0.3, -0.25) is 9.69 Å². The molecule has 2 saturated heterocycles. The third kappa shape index (κ3) is 6.32. The summed E-state index contributed by atoms with van der Waals surface area (Å²) in [6.45, 7) is 11.5. The van der Waals surface area contributed by atoms with Gasteiger partial charge in [0.05, 0.1) is 35.6 Å². The van der Waals surface area contributed by atoms with Crippen molar-refractivity contribution in [3.05, 3.63) is 48.1 Å². The smallest absolute Gasteiger partial charge is 0.417 e. The van der Waals surface area contributed by atoms with E-state index >= 15 is 4.39 Å². The average Bonchev–Trinajstić information content (AvgIpc) is 3.73. The molecular weight excluding hydrogens is 681 g/mol. The van der Waals surface area contributed by atoms with Crippen LogP contribution in [0.15, 0.2) is 30.9 Å². The molecule has 0 radical (unpaired) electrons. The van der Waals surface area contributed by atoms with Crippen LogP contribution < -0.4 is 15.4 Å². The summed E-state index contributed by atoms with van der Waals surface area (Å²) in [6, 6.07) is 1.88. The number of alkyl halides is 3. The minimum Gasteiger partial charge on any atom is -0.463 e. The van der Waals surface area contributed by atoms with E-state index in [1.165, 1.54) is 6.08 Å². The van der Waals surface area contributed by atoms with Gasteiger partial charge in [-0.25, -0.2) is 13.8 Å². The van der Waals surface area contributed by atoms with Crippen LogP contribution in [0.2, 0.25) is 0 Å². The Kier molecular flexibility index (Phi) is 8.83. The first-order valence-electron chi connectivity index (χ1n) is 16.4. The number of benzene rings is 2. The molecule has 50 heavy (non-hydrogen) atoms. The first-order valence-corrected chi connectivity index (χ1v) is 17.2. The van der Waals surface area contributed by atoms with Crippen molar-refractivity contribution >= 4 is 49.3 Å². The Bertz CT molecular complexity index is 1980. The quantitative estimate of drug-likeness (QED) is 0.176. The van der Waals surface area contributed by atoms with Crippen LogP contribution in [0.1, 0.15) is 32.3 Å². The molecule has 4 aromatic rings. The van der Waals surface area contributed by atoms with Crippen LogP contribution in [0, 0.1) is 17.0 Å². The molecule has 7 rings (SSSR count). The maximum atomic E-state index is 17.0. The summed E-state index contributed by atoms with van der Waals surface area (Å²) in [5.41, 5.74) is 2.67. The van der Waals surface area contributed by atoms with E-state index in [1.54, 1.807) is 9.80 Å². The Hall–Kier alpha value is -4.15. The predicted octanol–water partition coefficient (Wildman–Crippen LogP) is 5.89. The summed E-state index contributed by atoms with van der Waals surface area (Å²) in [5.74, 6) is -2.25. The zero-order chi connectivity index (χ0) is 35.5. The first kappa shape index (κ1) is 34.3. The van der Waals surface area contributed by atoms with Crippen LogP contribution in [0.3, 0.4) is 0 Å². The lowest BCUT2D eigenvalue weighted by Crippen LogP contribution is -2.58. The van der Waals surface area contributed by atoms with Crippen molar-refractivity contribution in [1.29, 1.82) is 0 Å². The van der Waals surface area contributed by atoms with Gasteiger partial charge in [0, 0.05) is 66.7 Å². The molecule has 0 bridgehead atoms. The molecule has 1 aliphatic carbocycles.